The Hall–Kier alpha value is -3.43. The Morgan fingerprint density at radius 2 is 2.07 bits per heavy atom. The molecule has 1 aromatic carbocycles. The molecule has 9 heteroatoms. The molecular formula is C21H16N6OS2. The number of fused-ring (bicyclic) bond motifs is 1. The van der Waals surface area contributed by atoms with Gasteiger partial charge in [0.1, 0.15) is 0 Å². The summed E-state index contributed by atoms with van der Waals surface area (Å²) in [7, 11) is 0. The first-order chi connectivity index (χ1) is 14.7. The first-order valence-corrected chi connectivity index (χ1v) is 11.0. The van der Waals surface area contributed by atoms with Crippen molar-refractivity contribution >= 4 is 43.9 Å². The molecule has 0 unspecified atom stereocenters. The van der Waals surface area contributed by atoms with E-state index in [0.717, 1.165) is 27.2 Å². The summed E-state index contributed by atoms with van der Waals surface area (Å²) in [6.07, 6.45) is 1.81. The topological polar surface area (TPSA) is 85.6 Å². The highest BCUT2D eigenvalue weighted by Gasteiger charge is 2.16. The van der Waals surface area contributed by atoms with Gasteiger partial charge in [-0.05, 0) is 37.3 Å². The number of pyridine rings is 1. The monoisotopic (exact) mass is 432 g/mol. The van der Waals surface area contributed by atoms with Gasteiger partial charge in [-0.2, -0.15) is 5.10 Å². The van der Waals surface area contributed by atoms with Gasteiger partial charge in [0.15, 0.2) is 10.9 Å². The standard InChI is InChI=1S/C21H16N6OS2/c1-13-3-2-4-19(24-13)27-17(14-5-6-16-18(9-14)30-12-23-16)10-15(26-27)11-20(28)25-21-22-7-8-29-21/h2-10,12H,11H2,1H3,(H,22,25,28). The molecule has 0 saturated carbocycles. The number of carbonyl (C=O) groups excluding carboxylic acids is 1. The molecule has 5 aromatic rings. The van der Waals surface area contributed by atoms with Crippen LogP contribution in [-0.2, 0) is 11.2 Å². The smallest absolute Gasteiger partial charge is 0.232 e. The van der Waals surface area contributed by atoms with Crippen LogP contribution in [0, 0.1) is 6.92 Å². The van der Waals surface area contributed by atoms with Crippen molar-refractivity contribution in [2.24, 2.45) is 0 Å². The predicted molar refractivity (Wildman–Crippen MR) is 119 cm³/mol. The second kappa shape index (κ2) is 7.77. The van der Waals surface area contributed by atoms with E-state index in [1.165, 1.54) is 11.3 Å². The number of aromatic nitrogens is 5. The third-order valence-electron chi connectivity index (χ3n) is 4.50. The normalized spacial score (nSPS) is 11.1. The Labute approximate surface area is 180 Å². The number of rotatable bonds is 5. The second-order valence-corrected chi connectivity index (χ2v) is 8.45. The van der Waals surface area contributed by atoms with Gasteiger partial charge in [-0.15, -0.1) is 22.7 Å². The van der Waals surface area contributed by atoms with Crippen LogP contribution in [0.25, 0.3) is 27.3 Å². The largest absolute Gasteiger partial charge is 0.302 e. The average molecular weight is 433 g/mol. The highest BCUT2D eigenvalue weighted by Crippen LogP contribution is 2.28. The molecule has 0 saturated heterocycles. The van der Waals surface area contributed by atoms with E-state index in [9.17, 15) is 4.79 Å². The molecule has 0 spiro atoms. The van der Waals surface area contributed by atoms with Gasteiger partial charge in [-0.3, -0.25) is 4.79 Å². The number of benzene rings is 1. The second-order valence-electron chi connectivity index (χ2n) is 6.67. The summed E-state index contributed by atoms with van der Waals surface area (Å²) >= 11 is 2.98. The van der Waals surface area contributed by atoms with Gasteiger partial charge in [0.25, 0.3) is 0 Å². The van der Waals surface area contributed by atoms with Crippen molar-refractivity contribution in [3.05, 3.63) is 70.9 Å². The van der Waals surface area contributed by atoms with Gasteiger partial charge in [0.05, 0.1) is 33.5 Å². The third-order valence-corrected chi connectivity index (χ3v) is 5.98. The molecule has 0 bridgehead atoms. The van der Waals surface area contributed by atoms with Gasteiger partial charge in [0, 0.05) is 22.8 Å². The molecular weight excluding hydrogens is 416 g/mol. The van der Waals surface area contributed by atoms with E-state index in [4.69, 9.17) is 5.10 Å². The Balaban J connectivity index is 1.54. The van der Waals surface area contributed by atoms with Crippen LogP contribution in [0.2, 0.25) is 0 Å². The highest BCUT2D eigenvalue weighted by atomic mass is 32.1. The Kier molecular flexibility index (Phi) is 4.82. The number of nitrogens with zero attached hydrogens (tertiary/aromatic N) is 5. The predicted octanol–water partition coefficient (Wildman–Crippen LogP) is 4.49. The number of thiazole rings is 2. The lowest BCUT2D eigenvalue weighted by Gasteiger charge is -2.07. The molecule has 0 aliphatic carbocycles. The highest BCUT2D eigenvalue weighted by molar-refractivity contribution is 7.16. The first-order valence-electron chi connectivity index (χ1n) is 9.22. The van der Waals surface area contributed by atoms with Gasteiger partial charge >= 0.3 is 0 Å². The minimum atomic E-state index is -0.156. The van der Waals surface area contributed by atoms with Crippen LogP contribution in [-0.4, -0.2) is 30.6 Å². The maximum absolute atomic E-state index is 12.5. The van der Waals surface area contributed by atoms with E-state index in [0.29, 0.717) is 16.6 Å². The van der Waals surface area contributed by atoms with E-state index in [1.807, 2.05) is 54.2 Å². The van der Waals surface area contributed by atoms with E-state index in [2.05, 4.69) is 26.3 Å². The minimum absolute atomic E-state index is 0.147. The molecule has 0 radical (unpaired) electrons. The van der Waals surface area contributed by atoms with E-state index in [-0.39, 0.29) is 12.3 Å². The SMILES string of the molecule is Cc1cccc(-n2nc(CC(=O)Nc3nccs3)cc2-c2ccc3ncsc3c2)n1. The number of anilines is 1. The fourth-order valence-corrected chi connectivity index (χ4v) is 4.43. The van der Waals surface area contributed by atoms with Crippen LogP contribution in [0.1, 0.15) is 11.4 Å². The Morgan fingerprint density at radius 1 is 1.13 bits per heavy atom. The molecule has 1 N–H and O–H groups in total. The number of hydrogen-bond acceptors (Lipinski definition) is 7. The fourth-order valence-electron chi connectivity index (χ4n) is 3.17. The van der Waals surface area contributed by atoms with Crippen molar-refractivity contribution in [3.8, 4) is 17.1 Å². The molecule has 7 nitrogen and oxygen atoms in total. The number of amides is 1. The van der Waals surface area contributed by atoms with E-state index < -0.39 is 0 Å². The summed E-state index contributed by atoms with van der Waals surface area (Å²) < 4.78 is 2.89. The van der Waals surface area contributed by atoms with Crippen molar-refractivity contribution < 1.29 is 4.79 Å². The van der Waals surface area contributed by atoms with Gasteiger partial charge in [0.2, 0.25) is 5.91 Å². The van der Waals surface area contributed by atoms with Crippen LogP contribution in [0.15, 0.2) is 59.6 Å². The molecule has 1 amide bonds. The summed E-state index contributed by atoms with van der Waals surface area (Å²) in [5, 5.41) is 9.90. The van der Waals surface area contributed by atoms with E-state index in [1.54, 1.807) is 22.2 Å². The lowest BCUT2D eigenvalue weighted by molar-refractivity contribution is -0.115. The summed E-state index contributed by atoms with van der Waals surface area (Å²) in [4.78, 5) is 25.5. The van der Waals surface area contributed by atoms with Crippen molar-refractivity contribution in [1.29, 1.82) is 0 Å². The molecule has 4 aromatic heterocycles. The number of hydrogen-bond donors (Lipinski definition) is 1. The average Bonchev–Trinajstić information content (AvgIpc) is 3.48. The summed E-state index contributed by atoms with van der Waals surface area (Å²) in [5.74, 6) is 0.553. The summed E-state index contributed by atoms with van der Waals surface area (Å²) in [5.41, 5.74) is 6.23. The van der Waals surface area contributed by atoms with Crippen LogP contribution < -0.4 is 5.32 Å². The third kappa shape index (κ3) is 3.72. The molecule has 0 atom stereocenters. The van der Waals surface area contributed by atoms with Crippen molar-refractivity contribution in [2.45, 2.75) is 13.3 Å². The zero-order valence-electron chi connectivity index (χ0n) is 15.9. The first kappa shape index (κ1) is 18.6. The molecule has 5 rings (SSSR count). The zero-order valence-corrected chi connectivity index (χ0v) is 17.6. The summed E-state index contributed by atoms with van der Waals surface area (Å²) in [6.45, 7) is 1.94. The molecule has 148 valence electrons. The van der Waals surface area contributed by atoms with Crippen molar-refractivity contribution in [1.82, 2.24) is 24.7 Å². The van der Waals surface area contributed by atoms with Crippen molar-refractivity contribution in [2.75, 3.05) is 5.32 Å². The lowest BCUT2D eigenvalue weighted by Crippen LogP contribution is -2.14. The molecule has 0 aliphatic heterocycles. The Bertz CT molecular complexity index is 1340. The van der Waals surface area contributed by atoms with Crippen LogP contribution >= 0.6 is 22.7 Å². The number of aryl methyl sites for hydroxylation is 1. The minimum Gasteiger partial charge on any atom is -0.302 e. The molecule has 0 aliphatic rings. The van der Waals surface area contributed by atoms with Gasteiger partial charge < -0.3 is 5.32 Å². The maximum atomic E-state index is 12.5. The quantitative estimate of drug-likeness (QED) is 0.442. The molecule has 0 fully saturated rings. The number of nitrogens with one attached hydrogen (secondary N) is 1. The maximum Gasteiger partial charge on any atom is 0.232 e. The van der Waals surface area contributed by atoms with Crippen LogP contribution in [0.3, 0.4) is 0 Å². The van der Waals surface area contributed by atoms with Gasteiger partial charge in [-0.1, -0.05) is 12.1 Å². The van der Waals surface area contributed by atoms with Crippen molar-refractivity contribution in [3.63, 3.8) is 0 Å². The summed E-state index contributed by atoms with van der Waals surface area (Å²) in [6, 6.07) is 13.8. The number of carbonyl (C=O) groups is 1. The Morgan fingerprint density at radius 3 is 2.90 bits per heavy atom. The zero-order chi connectivity index (χ0) is 20.5. The lowest BCUT2D eigenvalue weighted by atomic mass is 10.1. The van der Waals surface area contributed by atoms with Crippen LogP contribution in [0.4, 0.5) is 5.13 Å². The fraction of sp³-hybridized carbons (Fsp3) is 0.0952. The van der Waals surface area contributed by atoms with Crippen LogP contribution in [0.5, 0.6) is 0 Å². The van der Waals surface area contributed by atoms with E-state index >= 15 is 0 Å². The molecule has 4 heterocycles. The molecule has 30 heavy (non-hydrogen) atoms. The van der Waals surface area contributed by atoms with Gasteiger partial charge in [-0.25, -0.2) is 19.6 Å².